The van der Waals surface area contributed by atoms with E-state index in [9.17, 15) is 8.42 Å². The summed E-state index contributed by atoms with van der Waals surface area (Å²) in [7, 11) is -2.67. The molecule has 0 saturated heterocycles. The van der Waals surface area contributed by atoms with Crippen LogP contribution >= 0.6 is 0 Å². The predicted octanol–water partition coefficient (Wildman–Crippen LogP) is -0.255. The first-order valence-electron chi connectivity index (χ1n) is 2.76. The van der Waals surface area contributed by atoms with Crippen LogP contribution in [0, 0.1) is 6.07 Å². The maximum absolute atomic E-state index is 10.3. The molecule has 0 aliphatic rings. The molecule has 0 aromatic heterocycles. The zero-order chi connectivity index (χ0) is 8.43. The number of hydrogen-bond donors (Lipinski definition) is 3. The van der Waals surface area contributed by atoms with Gasteiger partial charge in [0.2, 0.25) is 0 Å². The van der Waals surface area contributed by atoms with Gasteiger partial charge in [-0.1, -0.05) is 0 Å². The molecule has 0 aliphatic heterocycles. The van der Waals surface area contributed by atoms with Crippen molar-refractivity contribution >= 4 is 16.4 Å². The number of nitrogen functional groups attached to an aromatic ring is 1. The zero-order valence-corrected chi connectivity index (χ0v) is 6.34. The molecule has 11 heavy (non-hydrogen) atoms. The molecule has 0 aliphatic carbocycles. The SMILES string of the molecule is Nc1[c]c([SH](=O)=O)ccc1O. The molecule has 0 spiro atoms. The van der Waals surface area contributed by atoms with Gasteiger partial charge in [0.15, 0.2) is 10.7 Å². The highest BCUT2D eigenvalue weighted by molar-refractivity contribution is 7.72. The van der Waals surface area contributed by atoms with Crippen LogP contribution in [0.1, 0.15) is 0 Å². The Labute approximate surface area is 65.2 Å². The lowest BCUT2D eigenvalue weighted by Gasteiger charge is -1.96. The van der Waals surface area contributed by atoms with E-state index in [0.717, 1.165) is 0 Å². The molecule has 4 nitrogen and oxygen atoms in total. The Kier molecular flexibility index (Phi) is 2.00. The monoisotopic (exact) mass is 172 g/mol. The van der Waals surface area contributed by atoms with Crippen molar-refractivity contribution in [3.63, 3.8) is 0 Å². The number of benzene rings is 1. The summed E-state index contributed by atoms with van der Waals surface area (Å²) in [6.45, 7) is 0. The Morgan fingerprint density at radius 2 is 2.09 bits per heavy atom. The van der Waals surface area contributed by atoms with Crippen molar-refractivity contribution in [1.29, 1.82) is 0 Å². The molecule has 1 rings (SSSR count). The zero-order valence-electron chi connectivity index (χ0n) is 5.44. The summed E-state index contributed by atoms with van der Waals surface area (Å²) >= 11 is 0. The Hall–Kier alpha value is -1.23. The van der Waals surface area contributed by atoms with Crippen LogP contribution in [0.5, 0.6) is 5.75 Å². The first kappa shape index (κ1) is 7.87. The average Bonchev–Trinajstić information content (AvgIpc) is 1.94. The smallest absolute Gasteiger partial charge is 0.168 e. The minimum Gasteiger partial charge on any atom is -0.506 e. The summed E-state index contributed by atoms with van der Waals surface area (Å²) in [6.07, 6.45) is 0. The summed E-state index contributed by atoms with van der Waals surface area (Å²) in [5.74, 6) is -0.161. The predicted molar refractivity (Wildman–Crippen MR) is 39.9 cm³/mol. The highest BCUT2D eigenvalue weighted by Crippen LogP contribution is 2.19. The fourth-order valence-corrected chi connectivity index (χ4v) is 1.01. The van der Waals surface area contributed by atoms with Gasteiger partial charge in [-0.3, -0.25) is 0 Å². The summed E-state index contributed by atoms with van der Waals surface area (Å²) < 4.78 is 20.7. The van der Waals surface area contributed by atoms with Crippen LogP contribution in [-0.4, -0.2) is 13.5 Å². The van der Waals surface area contributed by atoms with Crippen molar-refractivity contribution in [2.24, 2.45) is 0 Å². The van der Waals surface area contributed by atoms with Gasteiger partial charge in [-0.05, 0) is 12.1 Å². The van der Waals surface area contributed by atoms with E-state index < -0.39 is 10.7 Å². The molecule has 0 fully saturated rings. The van der Waals surface area contributed by atoms with Crippen LogP contribution in [0.4, 0.5) is 5.69 Å². The van der Waals surface area contributed by atoms with Crippen LogP contribution in [0.3, 0.4) is 0 Å². The molecule has 0 saturated carbocycles. The van der Waals surface area contributed by atoms with Gasteiger partial charge in [0.25, 0.3) is 0 Å². The normalized spacial score (nSPS) is 10.3. The lowest BCUT2D eigenvalue weighted by atomic mass is 10.3. The molecule has 1 aromatic carbocycles. The fourth-order valence-electron chi connectivity index (χ4n) is 0.598. The van der Waals surface area contributed by atoms with Crippen molar-refractivity contribution in [2.45, 2.75) is 4.90 Å². The van der Waals surface area contributed by atoms with E-state index >= 15 is 0 Å². The Morgan fingerprint density at radius 1 is 1.45 bits per heavy atom. The number of aromatic hydroxyl groups is 1. The van der Waals surface area contributed by atoms with Gasteiger partial charge >= 0.3 is 0 Å². The van der Waals surface area contributed by atoms with E-state index in [-0.39, 0.29) is 16.3 Å². The molecule has 5 heteroatoms. The Bertz CT molecular complexity index is 338. The molecule has 1 radical (unpaired) electrons. The second kappa shape index (κ2) is 2.79. The summed E-state index contributed by atoms with van der Waals surface area (Å²) in [4.78, 5) is -0.0182. The van der Waals surface area contributed by atoms with Gasteiger partial charge in [-0.2, -0.15) is 0 Å². The molecule has 3 N–H and O–H groups in total. The quantitative estimate of drug-likeness (QED) is 0.310. The maximum atomic E-state index is 10.3. The topological polar surface area (TPSA) is 80.4 Å². The van der Waals surface area contributed by atoms with E-state index in [2.05, 4.69) is 6.07 Å². The highest BCUT2D eigenvalue weighted by Gasteiger charge is 1.99. The number of rotatable bonds is 1. The van der Waals surface area contributed by atoms with Crippen LogP contribution in [0.15, 0.2) is 17.0 Å². The van der Waals surface area contributed by atoms with Crippen molar-refractivity contribution in [3.8, 4) is 5.75 Å². The molecule has 0 heterocycles. The molecule has 59 valence electrons. The van der Waals surface area contributed by atoms with Gasteiger partial charge in [0.05, 0.1) is 10.6 Å². The van der Waals surface area contributed by atoms with Crippen LogP contribution < -0.4 is 5.73 Å². The molecule has 0 bridgehead atoms. The molecular formula is C6H6NO3S. The van der Waals surface area contributed by atoms with Crippen LogP contribution in [-0.2, 0) is 10.7 Å². The third kappa shape index (κ3) is 1.62. The van der Waals surface area contributed by atoms with Gasteiger partial charge < -0.3 is 10.8 Å². The Balaban J connectivity index is 3.26. The van der Waals surface area contributed by atoms with E-state index in [4.69, 9.17) is 10.8 Å². The van der Waals surface area contributed by atoms with E-state index in [1.54, 1.807) is 0 Å². The summed E-state index contributed by atoms with van der Waals surface area (Å²) in [5.41, 5.74) is 5.13. The largest absolute Gasteiger partial charge is 0.506 e. The third-order valence-electron chi connectivity index (χ3n) is 1.13. The highest BCUT2D eigenvalue weighted by atomic mass is 32.2. The Morgan fingerprint density at radius 3 is 2.55 bits per heavy atom. The van der Waals surface area contributed by atoms with Gasteiger partial charge in [-0.25, -0.2) is 8.42 Å². The average molecular weight is 172 g/mol. The molecule has 0 atom stereocenters. The molecule has 0 amide bonds. The molecule has 0 unspecified atom stereocenters. The first-order chi connectivity index (χ1) is 5.11. The minimum atomic E-state index is -2.67. The second-order valence-corrected chi connectivity index (χ2v) is 2.90. The van der Waals surface area contributed by atoms with Crippen molar-refractivity contribution < 1.29 is 13.5 Å². The van der Waals surface area contributed by atoms with Crippen molar-refractivity contribution in [1.82, 2.24) is 0 Å². The van der Waals surface area contributed by atoms with E-state index in [1.165, 1.54) is 12.1 Å². The maximum Gasteiger partial charge on any atom is 0.168 e. The van der Waals surface area contributed by atoms with Gasteiger partial charge in [-0.15, -0.1) is 0 Å². The number of anilines is 1. The fraction of sp³-hybridized carbons (Fsp3) is 0. The van der Waals surface area contributed by atoms with E-state index in [0.29, 0.717) is 0 Å². The van der Waals surface area contributed by atoms with Crippen molar-refractivity contribution in [2.75, 3.05) is 5.73 Å². The third-order valence-corrected chi connectivity index (χ3v) is 1.79. The van der Waals surface area contributed by atoms with Crippen LogP contribution in [0.2, 0.25) is 0 Å². The first-order valence-corrected chi connectivity index (χ1v) is 3.94. The second-order valence-electron chi connectivity index (χ2n) is 1.90. The summed E-state index contributed by atoms with van der Waals surface area (Å²) in [5, 5.41) is 8.87. The van der Waals surface area contributed by atoms with Gasteiger partial charge in [0, 0.05) is 6.07 Å². The van der Waals surface area contributed by atoms with E-state index in [1.807, 2.05) is 0 Å². The van der Waals surface area contributed by atoms with Crippen LogP contribution in [0.25, 0.3) is 0 Å². The molecular weight excluding hydrogens is 166 g/mol. The number of thiol groups is 1. The van der Waals surface area contributed by atoms with Crippen molar-refractivity contribution in [3.05, 3.63) is 18.2 Å². The lowest BCUT2D eigenvalue weighted by molar-refractivity contribution is 0.477. The van der Waals surface area contributed by atoms with Gasteiger partial charge in [0.1, 0.15) is 5.75 Å². The lowest BCUT2D eigenvalue weighted by Crippen LogP contribution is -1.88. The number of hydrogen-bond acceptors (Lipinski definition) is 4. The number of phenols is 1. The number of phenolic OH excluding ortho intramolecular Hbond substituents is 1. The standard InChI is InChI=1S/C6H6NO3S/c7-5-3-4(11(9)10)1-2-6(5)8/h1-2,8,11H,7H2. The number of nitrogens with two attached hydrogens (primary N) is 1. The minimum absolute atomic E-state index is 0.0182. The molecule has 1 aromatic rings. The summed E-state index contributed by atoms with van der Waals surface area (Å²) in [6, 6.07) is 4.75.